The van der Waals surface area contributed by atoms with Gasteiger partial charge in [0.1, 0.15) is 12.4 Å². The zero-order valence-electron chi connectivity index (χ0n) is 18.5. The largest absolute Gasteiger partial charge is 0.492 e. The van der Waals surface area contributed by atoms with Gasteiger partial charge in [-0.1, -0.05) is 24.3 Å². The maximum Gasteiger partial charge on any atom is 0.287 e. The second kappa shape index (κ2) is 10.0. The summed E-state index contributed by atoms with van der Waals surface area (Å²) < 4.78 is 11.5. The predicted octanol–water partition coefficient (Wildman–Crippen LogP) is 3.18. The van der Waals surface area contributed by atoms with E-state index in [2.05, 4.69) is 28.1 Å². The standard InChI is InChI=1S/C25H28N4O3S/c26-16-20-17-27-24(33-20)25(30)29-8-7-22-21(5-2-6-23(22)29)18-3-1-4-19(15-18)32-14-11-28-9-12-31-13-10-28/h1-6,15,17H,7-14,16,26H2. The molecule has 1 amide bonds. The van der Waals surface area contributed by atoms with Crippen LogP contribution in [-0.2, 0) is 17.7 Å². The number of ether oxygens (including phenoxy) is 2. The molecule has 0 spiro atoms. The fourth-order valence-corrected chi connectivity index (χ4v) is 5.14. The van der Waals surface area contributed by atoms with Gasteiger partial charge in [0.05, 0.1) is 13.2 Å². The quantitative estimate of drug-likeness (QED) is 0.579. The van der Waals surface area contributed by atoms with Gasteiger partial charge in [0.25, 0.3) is 5.91 Å². The number of nitrogens with zero attached hydrogens (tertiary/aromatic N) is 3. The van der Waals surface area contributed by atoms with Crippen molar-refractivity contribution in [3.8, 4) is 16.9 Å². The summed E-state index contributed by atoms with van der Waals surface area (Å²) in [5.41, 5.74) is 10.1. The highest BCUT2D eigenvalue weighted by Gasteiger charge is 2.29. The van der Waals surface area contributed by atoms with E-state index in [0.29, 0.717) is 24.7 Å². The molecular weight excluding hydrogens is 436 g/mol. The third-order valence-corrected chi connectivity index (χ3v) is 7.14. The molecule has 3 heterocycles. The SMILES string of the molecule is NCc1cnc(C(=O)N2CCc3c(-c4cccc(OCCN5CCOCC5)c4)cccc32)s1. The zero-order chi connectivity index (χ0) is 22.6. The lowest BCUT2D eigenvalue weighted by molar-refractivity contribution is 0.0322. The van der Waals surface area contributed by atoms with E-state index in [-0.39, 0.29) is 5.91 Å². The topological polar surface area (TPSA) is 80.9 Å². The first-order valence-electron chi connectivity index (χ1n) is 11.3. The Bertz CT molecular complexity index is 1130. The number of hydrogen-bond acceptors (Lipinski definition) is 7. The molecule has 0 saturated carbocycles. The Hall–Kier alpha value is -2.78. The third kappa shape index (κ3) is 4.79. The van der Waals surface area contributed by atoms with Gasteiger partial charge in [-0.2, -0.15) is 0 Å². The maximum atomic E-state index is 13.1. The van der Waals surface area contributed by atoms with Crippen molar-refractivity contribution in [2.24, 2.45) is 5.73 Å². The van der Waals surface area contributed by atoms with Gasteiger partial charge in [-0.3, -0.25) is 9.69 Å². The number of morpholine rings is 1. The molecule has 2 aliphatic rings. The number of rotatable bonds is 7. The molecule has 1 fully saturated rings. The van der Waals surface area contributed by atoms with Crippen LogP contribution in [0.15, 0.2) is 48.7 Å². The Balaban J connectivity index is 1.31. The summed E-state index contributed by atoms with van der Waals surface area (Å²) in [6.45, 7) is 6.11. The van der Waals surface area contributed by atoms with Crippen LogP contribution in [0.2, 0.25) is 0 Å². The Kier molecular flexibility index (Phi) is 6.68. The van der Waals surface area contributed by atoms with Crippen molar-refractivity contribution in [1.29, 1.82) is 0 Å². The number of fused-ring (bicyclic) bond motifs is 1. The normalized spacial score (nSPS) is 16.1. The van der Waals surface area contributed by atoms with Crippen LogP contribution in [0.3, 0.4) is 0 Å². The van der Waals surface area contributed by atoms with Crippen molar-refractivity contribution < 1.29 is 14.3 Å². The first-order valence-corrected chi connectivity index (χ1v) is 12.2. The Morgan fingerprint density at radius 1 is 1.15 bits per heavy atom. The first kappa shape index (κ1) is 22.0. The smallest absolute Gasteiger partial charge is 0.287 e. The molecule has 1 saturated heterocycles. The lowest BCUT2D eigenvalue weighted by atomic mass is 9.98. The van der Waals surface area contributed by atoms with Crippen molar-refractivity contribution in [2.45, 2.75) is 13.0 Å². The van der Waals surface area contributed by atoms with Crippen LogP contribution in [0.5, 0.6) is 5.75 Å². The van der Waals surface area contributed by atoms with Crippen LogP contribution in [0.25, 0.3) is 11.1 Å². The fourth-order valence-electron chi connectivity index (χ4n) is 4.40. The molecule has 172 valence electrons. The molecule has 0 aliphatic carbocycles. The zero-order valence-corrected chi connectivity index (χ0v) is 19.4. The third-order valence-electron chi connectivity index (χ3n) is 6.14. The molecule has 1 aromatic heterocycles. The minimum absolute atomic E-state index is 0.0594. The summed E-state index contributed by atoms with van der Waals surface area (Å²) in [6, 6.07) is 14.4. The molecule has 0 atom stereocenters. The highest BCUT2D eigenvalue weighted by molar-refractivity contribution is 7.13. The number of thiazole rings is 1. The monoisotopic (exact) mass is 464 g/mol. The highest BCUT2D eigenvalue weighted by Crippen LogP contribution is 2.38. The number of nitrogens with two attached hydrogens (primary N) is 1. The summed E-state index contributed by atoms with van der Waals surface area (Å²) in [5.74, 6) is 0.803. The van der Waals surface area contributed by atoms with Gasteiger partial charge in [-0.15, -0.1) is 11.3 Å². The minimum Gasteiger partial charge on any atom is -0.492 e. The number of benzene rings is 2. The Morgan fingerprint density at radius 2 is 2.00 bits per heavy atom. The van der Waals surface area contributed by atoms with E-state index in [1.807, 2.05) is 29.2 Å². The predicted molar refractivity (Wildman–Crippen MR) is 130 cm³/mol. The van der Waals surface area contributed by atoms with Crippen LogP contribution in [0.4, 0.5) is 5.69 Å². The second-order valence-corrected chi connectivity index (χ2v) is 9.29. The number of anilines is 1. The van der Waals surface area contributed by atoms with Crippen LogP contribution in [0.1, 0.15) is 20.2 Å². The summed E-state index contributed by atoms with van der Waals surface area (Å²) in [5, 5.41) is 0.490. The average Bonchev–Trinajstić information content (AvgIpc) is 3.52. The summed E-state index contributed by atoms with van der Waals surface area (Å²) in [6.07, 6.45) is 2.50. The molecule has 2 aromatic carbocycles. The molecule has 3 aromatic rings. The summed E-state index contributed by atoms with van der Waals surface area (Å²) >= 11 is 1.37. The van der Waals surface area contributed by atoms with E-state index in [4.69, 9.17) is 15.2 Å². The molecule has 0 bridgehead atoms. The fraction of sp³-hybridized carbons (Fsp3) is 0.360. The average molecular weight is 465 g/mol. The molecular formula is C25H28N4O3S. The van der Waals surface area contributed by atoms with Crippen molar-refractivity contribution in [3.05, 3.63) is 64.1 Å². The van der Waals surface area contributed by atoms with E-state index in [0.717, 1.165) is 66.7 Å². The Morgan fingerprint density at radius 3 is 2.82 bits per heavy atom. The molecule has 2 aliphatic heterocycles. The van der Waals surface area contributed by atoms with Crippen molar-refractivity contribution in [3.63, 3.8) is 0 Å². The van der Waals surface area contributed by atoms with E-state index in [9.17, 15) is 4.79 Å². The molecule has 0 unspecified atom stereocenters. The van der Waals surface area contributed by atoms with E-state index < -0.39 is 0 Å². The van der Waals surface area contributed by atoms with Gasteiger partial charge in [0.2, 0.25) is 0 Å². The van der Waals surface area contributed by atoms with Gasteiger partial charge in [-0.05, 0) is 41.3 Å². The summed E-state index contributed by atoms with van der Waals surface area (Å²) in [4.78, 5) is 22.5. The molecule has 2 N–H and O–H groups in total. The first-order chi connectivity index (χ1) is 16.2. The molecule has 0 radical (unpaired) electrons. The van der Waals surface area contributed by atoms with Gasteiger partial charge < -0.3 is 20.1 Å². The van der Waals surface area contributed by atoms with E-state index in [1.54, 1.807) is 6.20 Å². The van der Waals surface area contributed by atoms with E-state index >= 15 is 0 Å². The van der Waals surface area contributed by atoms with Gasteiger partial charge in [0, 0.05) is 49.5 Å². The minimum atomic E-state index is -0.0594. The molecule has 7 nitrogen and oxygen atoms in total. The van der Waals surface area contributed by atoms with Crippen molar-refractivity contribution >= 4 is 22.9 Å². The lowest BCUT2D eigenvalue weighted by Crippen LogP contribution is -2.38. The number of hydrogen-bond donors (Lipinski definition) is 1. The van der Waals surface area contributed by atoms with Crippen molar-refractivity contribution in [2.75, 3.05) is 50.9 Å². The highest BCUT2D eigenvalue weighted by atomic mass is 32.1. The van der Waals surface area contributed by atoms with Crippen LogP contribution >= 0.6 is 11.3 Å². The van der Waals surface area contributed by atoms with Crippen LogP contribution in [-0.4, -0.2) is 61.8 Å². The number of amides is 1. The number of carbonyl (C=O) groups is 1. The number of carbonyl (C=O) groups excluding carboxylic acids is 1. The van der Waals surface area contributed by atoms with Crippen LogP contribution < -0.4 is 15.4 Å². The molecule has 8 heteroatoms. The van der Waals surface area contributed by atoms with Crippen LogP contribution in [0, 0.1) is 0 Å². The maximum absolute atomic E-state index is 13.1. The van der Waals surface area contributed by atoms with Crippen molar-refractivity contribution in [1.82, 2.24) is 9.88 Å². The number of aromatic nitrogens is 1. The van der Waals surface area contributed by atoms with Gasteiger partial charge in [-0.25, -0.2) is 4.98 Å². The molecule has 5 rings (SSSR count). The second-order valence-electron chi connectivity index (χ2n) is 8.18. The van der Waals surface area contributed by atoms with Gasteiger partial charge in [0.15, 0.2) is 5.01 Å². The van der Waals surface area contributed by atoms with E-state index in [1.165, 1.54) is 16.9 Å². The summed E-state index contributed by atoms with van der Waals surface area (Å²) in [7, 11) is 0. The Labute approximate surface area is 197 Å². The lowest BCUT2D eigenvalue weighted by Gasteiger charge is -2.26. The van der Waals surface area contributed by atoms with Gasteiger partial charge >= 0.3 is 0 Å². The molecule has 33 heavy (non-hydrogen) atoms.